The number of anilines is 1. The van der Waals surface area contributed by atoms with Gasteiger partial charge in [-0.1, -0.05) is 12.1 Å². The second-order valence-corrected chi connectivity index (χ2v) is 8.68. The van der Waals surface area contributed by atoms with Crippen molar-refractivity contribution in [2.75, 3.05) is 45.2 Å². The standard InChI is InChI=1S/C20H22N4O3S/c1-23-11-13-24(14-12-23)19-20(22-18-6-4-3-5-17(18)21-19)28(25,26)16-9-7-15(27-2)8-10-16/h3-10H,11-14H2,1-2H3. The number of hydrogen-bond acceptors (Lipinski definition) is 7. The van der Waals surface area contributed by atoms with Gasteiger partial charge in [-0.15, -0.1) is 0 Å². The summed E-state index contributed by atoms with van der Waals surface area (Å²) in [6, 6.07) is 13.7. The van der Waals surface area contributed by atoms with Gasteiger partial charge in [0.05, 0.1) is 23.0 Å². The van der Waals surface area contributed by atoms with Crippen LogP contribution >= 0.6 is 0 Å². The van der Waals surface area contributed by atoms with Crippen molar-refractivity contribution in [2.45, 2.75) is 9.92 Å². The number of fused-ring (bicyclic) bond motifs is 1. The number of likely N-dealkylation sites (N-methyl/N-ethyl adjacent to an activating group) is 1. The lowest BCUT2D eigenvalue weighted by molar-refractivity contribution is 0.311. The minimum absolute atomic E-state index is 0.000852. The fraction of sp³-hybridized carbons (Fsp3) is 0.300. The van der Waals surface area contributed by atoms with Crippen molar-refractivity contribution in [2.24, 2.45) is 0 Å². The van der Waals surface area contributed by atoms with Gasteiger partial charge in [0.1, 0.15) is 5.75 Å². The maximum absolute atomic E-state index is 13.4. The molecule has 0 amide bonds. The van der Waals surface area contributed by atoms with Gasteiger partial charge in [-0.2, -0.15) is 0 Å². The van der Waals surface area contributed by atoms with E-state index in [2.05, 4.69) is 16.9 Å². The highest BCUT2D eigenvalue weighted by Crippen LogP contribution is 2.30. The number of ether oxygens (including phenoxy) is 1. The monoisotopic (exact) mass is 398 g/mol. The Bertz CT molecular complexity index is 1090. The van der Waals surface area contributed by atoms with Crippen molar-refractivity contribution in [3.8, 4) is 5.75 Å². The van der Waals surface area contributed by atoms with Crippen LogP contribution < -0.4 is 9.64 Å². The number of rotatable bonds is 4. The van der Waals surface area contributed by atoms with Crippen molar-refractivity contribution in [3.63, 3.8) is 0 Å². The molecular formula is C20H22N4O3S. The summed E-state index contributed by atoms with van der Waals surface area (Å²) in [5, 5.41) is 0.000852. The van der Waals surface area contributed by atoms with Gasteiger partial charge in [0.2, 0.25) is 14.9 Å². The fourth-order valence-electron chi connectivity index (χ4n) is 3.25. The fourth-order valence-corrected chi connectivity index (χ4v) is 4.60. The van der Waals surface area contributed by atoms with E-state index in [9.17, 15) is 8.42 Å². The molecule has 0 atom stereocenters. The second-order valence-electron chi connectivity index (χ2n) is 6.81. The molecule has 0 bridgehead atoms. The predicted octanol–water partition coefficient (Wildman–Crippen LogP) is 2.22. The SMILES string of the molecule is COc1ccc(S(=O)(=O)c2nc3ccccc3nc2N2CCN(C)CC2)cc1. The Kier molecular flexibility index (Phi) is 4.91. The molecule has 1 aliphatic rings. The maximum atomic E-state index is 13.4. The Hall–Kier alpha value is -2.71. The number of piperazine rings is 1. The highest BCUT2D eigenvalue weighted by atomic mass is 32.2. The molecular weight excluding hydrogens is 376 g/mol. The van der Waals surface area contributed by atoms with Crippen LogP contribution in [0.1, 0.15) is 0 Å². The van der Waals surface area contributed by atoms with E-state index in [0.717, 1.165) is 13.1 Å². The molecule has 1 aliphatic heterocycles. The number of hydrogen-bond donors (Lipinski definition) is 0. The minimum atomic E-state index is -3.83. The molecule has 28 heavy (non-hydrogen) atoms. The normalized spacial score (nSPS) is 15.7. The van der Waals surface area contributed by atoms with Crippen molar-refractivity contribution in [1.29, 1.82) is 0 Å². The molecule has 0 N–H and O–H groups in total. The molecule has 7 nitrogen and oxygen atoms in total. The Morgan fingerprint density at radius 1 is 0.893 bits per heavy atom. The zero-order chi connectivity index (χ0) is 19.7. The zero-order valence-corrected chi connectivity index (χ0v) is 16.7. The molecule has 1 saturated heterocycles. The van der Waals surface area contributed by atoms with Crippen LogP contribution in [0.2, 0.25) is 0 Å². The van der Waals surface area contributed by atoms with Gasteiger partial charge in [0, 0.05) is 26.2 Å². The molecule has 0 radical (unpaired) electrons. The highest BCUT2D eigenvalue weighted by Gasteiger charge is 2.29. The summed E-state index contributed by atoms with van der Waals surface area (Å²) in [6.45, 7) is 3.09. The Morgan fingerprint density at radius 2 is 1.50 bits per heavy atom. The molecule has 4 rings (SSSR count). The molecule has 1 fully saturated rings. The van der Waals surface area contributed by atoms with Gasteiger partial charge in [-0.3, -0.25) is 0 Å². The van der Waals surface area contributed by atoms with Crippen LogP contribution in [0.25, 0.3) is 11.0 Å². The molecule has 146 valence electrons. The number of aromatic nitrogens is 2. The maximum Gasteiger partial charge on any atom is 0.227 e. The summed E-state index contributed by atoms with van der Waals surface area (Å²) < 4.78 is 32.0. The number of methoxy groups -OCH3 is 1. The van der Waals surface area contributed by atoms with Crippen molar-refractivity contribution >= 4 is 26.7 Å². The first-order chi connectivity index (χ1) is 13.5. The van der Waals surface area contributed by atoms with Gasteiger partial charge in [-0.25, -0.2) is 18.4 Å². The average Bonchev–Trinajstić information content (AvgIpc) is 2.73. The van der Waals surface area contributed by atoms with E-state index < -0.39 is 9.84 Å². The minimum Gasteiger partial charge on any atom is -0.497 e. The van der Waals surface area contributed by atoms with E-state index in [1.165, 1.54) is 0 Å². The van der Waals surface area contributed by atoms with Crippen LogP contribution in [-0.2, 0) is 9.84 Å². The first-order valence-electron chi connectivity index (χ1n) is 9.08. The smallest absolute Gasteiger partial charge is 0.227 e. The third-order valence-electron chi connectivity index (χ3n) is 4.95. The molecule has 2 heterocycles. The molecule has 1 aromatic heterocycles. The summed E-state index contributed by atoms with van der Waals surface area (Å²) in [7, 11) is -0.234. The van der Waals surface area contributed by atoms with Crippen molar-refractivity contribution < 1.29 is 13.2 Å². The van der Waals surface area contributed by atoms with Crippen LogP contribution in [-0.4, -0.2) is 63.6 Å². The van der Waals surface area contributed by atoms with Gasteiger partial charge in [-0.05, 0) is 43.4 Å². The largest absolute Gasteiger partial charge is 0.497 e. The second kappa shape index (κ2) is 7.37. The van der Waals surface area contributed by atoms with E-state index in [4.69, 9.17) is 9.72 Å². The first kappa shape index (κ1) is 18.6. The van der Waals surface area contributed by atoms with Crippen LogP contribution in [0.3, 0.4) is 0 Å². The summed E-state index contributed by atoms with van der Waals surface area (Å²) in [4.78, 5) is 13.6. The lowest BCUT2D eigenvalue weighted by Crippen LogP contribution is -2.45. The van der Waals surface area contributed by atoms with E-state index in [-0.39, 0.29) is 9.92 Å². The van der Waals surface area contributed by atoms with Crippen LogP contribution in [0.15, 0.2) is 58.5 Å². The predicted molar refractivity (Wildman–Crippen MR) is 108 cm³/mol. The molecule has 2 aromatic carbocycles. The zero-order valence-electron chi connectivity index (χ0n) is 15.9. The number of para-hydroxylation sites is 2. The average molecular weight is 398 g/mol. The molecule has 3 aromatic rings. The summed E-state index contributed by atoms with van der Waals surface area (Å²) >= 11 is 0. The topological polar surface area (TPSA) is 75.6 Å². The molecule has 0 saturated carbocycles. The number of sulfone groups is 1. The lowest BCUT2D eigenvalue weighted by Gasteiger charge is -2.33. The van der Waals surface area contributed by atoms with E-state index in [0.29, 0.717) is 35.7 Å². The van der Waals surface area contributed by atoms with E-state index >= 15 is 0 Å². The number of nitrogens with zero attached hydrogens (tertiary/aromatic N) is 4. The summed E-state index contributed by atoms with van der Waals surface area (Å²) in [6.07, 6.45) is 0. The molecule has 0 unspecified atom stereocenters. The van der Waals surface area contributed by atoms with Crippen LogP contribution in [0.4, 0.5) is 5.82 Å². The lowest BCUT2D eigenvalue weighted by atomic mass is 10.3. The van der Waals surface area contributed by atoms with Gasteiger partial charge in [0.15, 0.2) is 5.82 Å². The summed E-state index contributed by atoms with van der Waals surface area (Å²) in [5.41, 5.74) is 1.25. The molecule has 0 spiro atoms. The molecule has 8 heteroatoms. The quantitative estimate of drug-likeness (QED) is 0.667. The van der Waals surface area contributed by atoms with Gasteiger partial charge >= 0.3 is 0 Å². The van der Waals surface area contributed by atoms with Crippen LogP contribution in [0.5, 0.6) is 5.75 Å². The summed E-state index contributed by atoms with van der Waals surface area (Å²) in [5.74, 6) is 1.02. The molecule has 0 aliphatic carbocycles. The first-order valence-corrected chi connectivity index (χ1v) is 10.6. The number of benzene rings is 2. The van der Waals surface area contributed by atoms with E-state index in [1.54, 1.807) is 37.4 Å². The highest BCUT2D eigenvalue weighted by molar-refractivity contribution is 7.91. The van der Waals surface area contributed by atoms with Gasteiger partial charge in [0.25, 0.3) is 0 Å². The third kappa shape index (κ3) is 3.41. The van der Waals surface area contributed by atoms with Crippen molar-refractivity contribution in [3.05, 3.63) is 48.5 Å². The van der Waals surface area contributed by atoms with Crippen LogP contribution in [0, 0.1) is 0 Å². The van der Waals surface area contributed by atoms with Crippen molar-refractivity contribution in [1.82, 2.24) is 14.9 Å². The Morgan fingerprint density at radius 3 is 2.11 bits per heavy atom. The Labute approximate surface area is 164 Å². The third-order valence-corrected chi connectivity index (χ3v) is 6.62. The Balaban J connectivity index is 1.86. The van der Waals surface area contributed by atoms with E-state index in [1.807, 2.05) is 23.1 Å². The van der Waals surface area contributed by atoms with Gasteiger partial charge < -0.3 is 14.5 Å².